The van der Waals surface area contributed by atoms with E-state index in [1.54, 1.807) is 23.5 Å². The van der Waals surface area contributed by atoms with Gasteiger partial charge in [-0.25, -0.2) is 4.98 Å². The molecule has 0 N–H and O–H groups in total. The number of piperidine rings is 1. The van der Waals surface area contributed by atoms with Crippen molar-refractivity contribution in [3.8, 4) is 28.7 Å². The van der Waals surface area contributed by atoms with Gasteiger partial charge in [0.25, 0.3) is 5.91 Å². The summed E-state index contributed by atoms with van der Waals surface area (Å²) in [6.45, 7) is 2.12. The number of likely N-dealkylation sites (N-methyl/N-ethyl adjacent to an activating group) is 1. The fraction of sp³-hybridized carbons (Fsp3) is 0.294. The van der Waals surface area contributed by atoms with Crippen molar-refractivity contribution in [1.82, 2.24) is 29.6 Å². The number of aromatic nitrogens is 5. The lowest BCUT2D eigenvalue weighted by atomic mass is 9.88. The molecular formula is C34H30N8O. The average Bonchev–Trinajstić information content (AvgIpc) is 3.73. The Morgan fingerprint density at radius 3 is 2.65 bits per heavy atom. The topological polar surface area (TPSA) is 104 Å². The maximum absolute atomic E-state index is 14.3. The number of likely N-dealkylation sites (tertiary alicyclic amines) is 1. The fourth-order valence-corrected chi connectivity index (χ4v) is 6.75. The molecule has 1 amide bonds. The number of hydrogen-bond donors (Lipinski definition) is 0. The zero-order valence-corrected chi connectivity index (χ0v) is 24.2. The van der Waals surface area contributed by atoms with Crippen LogP contribution in [0.4, 0.5) is 11.5 Å². The van der Waals surface area contributed by atoms with Gasteiger partial charge >= 0.3 is 0 Å². The SMILES string of the molecule is CN1CCCC(c2cc3c4c(cccc4c2)N(c2cc(-c4ncc(C#N)cc4-c4nncn4C)cc(C4CC4)n2)C3=O)C1. The van der Waals surface area contributed by atoms with Gasteiger partial charge < -0.3 is 9.47 Å². The summed E-state index contributed by atoms with van der Waals surface area (Å²) in [7, 11) is 4.04. The quantitative estimate of drug-likeness (QED) is 0.259. The molecule has 2 fully saturated rings. The molecule has 1 saturated carbocycles. The summed E-state index contributed by atoms with van der Waals surface area (Å²) in [4.78, 5) is 28.3. The molecule has 0 radical (unpaired) electrons. The van der Waals surface area contributed by atoms with E-state index in [-0.39, 0.29) is 5.91 Å². The fourth-order valence-electron chi connectivity index (χ4n) is 6.75. The van der Waals surface area contributed by atoms with Crippen LogP contribution in [0.25, 0.3) is 33.4 Å². The van der Waals surface area contributed by atoms with Gasteiger partial charge in [0.05, 0.1) is 22.5 Å². The van der Waals surface area contributed by atoms with Crippen molar-refractivity contribution in [1.29, 1.82) is 5.26 Å². The van der Waals surface area contributed by atoms with E-state index in [9.17, 15) is 10.1 Å². The van der Waals surface area contributed by atoms with Crippen LogP contribution >= 0.6 is 0 Å². The Morgan fingerprint density at radius 2 is 1.88 bits per heavy atom. The first-order chi connectivity index (χ1) is 21.0. The number of carbonyl (C=O) groups is 1. The van der Waals surface area contributed by atoms with E-state index >= 15 is 0 Å². The maximum Gasteiger partial charge on any atom is 0.264 e. The Hall–Kier alpha value is -4.94. The number of aryl methyl sites for hydroxylation is 1. The van der Waals surface area contributed by atoms with E-state index in [4.69, 9.17) is 9.97 Å². The van der Waals surface area contributed by atoms with Crippen LogP contribution in [-0.2, 0) is 7.05 Å². The molecule has 43 heavy (non-hydrogen) atoms. The molecule has 9 nitrogen and oxygen atoms in total. The highest BCUT2D eigenvalue weighted by Gasteiger charge is 2.35. The number of anilines is 2. The predicted molar refractivity (Wildman–Crippen MR) is 164 cm³/mol. The number of pyridine rings is 2. The Morgan fingerprint density at radius 1 is 1.00 bits per heavy atom. The Bertz CT molecular complexity index is 1980. The number of nitriles is 1. The lowest BCUT2D eigenvalue weighted by Gasteiger charge is -2.30. The van der Waals surface area contributed by atoms with Crippen LogP contribution in [0.3, 0.4) is 0 Å². The molecule has 0 bridgehead atoms. The Balaban J connectivity index is 1.27. The third-order valence-corrected chi connectivity index (χ3v) is 9.05. The molecule has 9 heteroatoms. The summed E-state index contributed by atoms with van der Waals surface area (Å²) in [6, 6.07) is 18.6. The molecule has 2 aromatic carbocycles. The maximum atomic E-state index is 14.3. The number of nitrogens with zero attached hydrogens (tertiary/aromatic N) is 8. The molecule has 5 heterocycles. The molecule has 3 aromatic heterocycles. The van der Waals surface area contributed by atoms with E-state index in [2.05, 4.69) is 52.5 Å². The van der Waals surface area contributed by atoms with Gasteiger partial charge in [0.1, 0.15) is 18.2 Å². The monoisotopic (exact) mass is 566 g/mol. The molecule has 3 aliphatic rings. The van der Waals surface area contributed by atoms with Gasteiger partial charge in [0.2, 0.25) is 0 Å². The first kappa shape index (κ1) is 25.7. The molecule has 1 atom stereocenters. The zero-order valence-electron chi connectivity index (χ0n) is 24.2. The van der Waals surface area contributed by atoms with Crippen molar-refractivity contribution in [3.05, 3.63) is 83.4 Å². The first-order valence-corrected chi connectivity index (χ1v) is 14.8. The van der Waals surface area contributed by atoms with E-state index in [0.29, 0.717) is 40.3 Å². The largest absolute Gasteiger partial charge is 0.317 e. The molecule has 8 rings (SSSR count). The second-order valence-corrected chi connectivity index (χ2v) is 12.1. The lowest BCUT2D eigenvalue weighted by molar-refractivity contribution is 0.100. The van der Waals surface area contributed by atoms with Gasteiger partial charge in [-0.2, -0.15) is 5.26 Å². The third-order valence-electron chi connectivity index (χ3n) is 9.05. The van der Waals surface area contributed by atoms with E-state index in [0.717, 1.165) is 72.1 Å². The Labute approximate surface area is 249 Å². The second-order valence-electron chi connectivity index (χ2n) is 12.1. The number of amides is 1. The molecule has 1 aliphatic carbocycles. The van der Waals surface area contributed by atoms with Gasteiger partial charge in [0.15, 0.2) is 5.82 Å². The minimum absolute atomic E-state index is 0.0510. The van der Waals surface area contributed by atoms with Crippen LogP contribution in [0.15, 0.2) is 61.1 Å². The summed E-state index contributed by atoms with van der Waals surface area (Å²) in [5.41, 5.74) is 6.43. The summed E-state index contributed by atoms with van der Waals surface area (Å²) in [6.07, 6.45) is 7.63. The predicted octanol–water partition coefficient (Wildman–Crippen LogP) is 5.94. The van der Waals surface area contributed by atoms with Gasteiger partial charge in [-0.3, -0.25) is 14.7 Å². The summed E-state index contributed by atoms with van der Waals surface area (Å²) in [5.74, 6) is 1.91. The summed E-state index contributed by atoms with van der Waals surface area (Å²) in [5, 5.41) is 20.1. The van der Waals surface area contributed by atoms with Gasteiger partial charge in [-0.15, -0.1) is 10.2 Å². The van der Waals surface area contributed by atoms with Crippen LogP contribution in [0.1, 0.15) is 64.7 Å². The lowest BCUT2D eigenvalue weighted by Crippen LogP contribution is -2.30. The van der Waals surface area contributed by atoms with Gasteiger partial charge in [-0.1, -0.05) is 18.2 Å². The highest BCUT2D eigenvalue weighted by atomic mass is 16.2. The number of rotatable bonds is 5. The van der Waals surface area contributed by atoms with Crippen LogP contribution in [0, 0.1) is 11.3 Å². The minimum Gasteiger partial charge on any atom is -0.317 e. The molecular weight excluding hydrogens is 536 g/mol. The standard InChI is InChI=1S/C34H30N8O/c1-40-10-4-6-23(18-40)24-12-22-5-3-7-29-31(22)26(13-24)34(43)42(29)30-15-25(14-28(38-30)21-8-9-21)32-27(11-20(16-35)17-36-32)33-39-37-19-41(33)2/h3,5,7,11-15,17,19,21,23H,4,6,8-10,18H2,1-2H3. The van der Waals surface area contributed by atoms with Crippen molar-refractivity contribution in [2.75, 3.05) is 25.0 Å². The highest BCUT2D eigenvalue weighted by Crippen LogP contribution is 2.46. The number of carbonyl (C=O) groups excluding carboxylic acids is 1. The smallest absolute Gasteiger partial charge is 0.264 e. The zero-order chi connectivity index (χ0) is 29.2. The normalized spacial score (nSPS) is 18.4. The first-order valence-electron chi connectivity index (χ1n) is 14.8. The van der Waals surface area contributed by atoms with Crippen LogP contribution in [0.2, 0.25) is 0 Å². The van der Waals surface area contributed by atoms with E-state index in [1.807, 2.05) is 29.8 Å². The molecule has 2 aliphatic heterocycles. The van der Waals surface area contributed by atoms with Crippen molar-refractivity contribution in [2.45, 2.75) is 37.5 Å². The van der Waals surface area contributed by atoms with Gasteiger partial charge in [0, 0.05) is 47.9 Å². The average molecular weight is 567 g/mol. The van der Waals surface area contributed by atoms with E-state index < -0.39 is 0 Å². The Kier molecular flexibility index (Phi) is 5.88. The highest BCUT2D eigenvalue weighted by molar-refractivity contribution is 6.27. The number of hydrogen-bond acceptors (Lipinski definition) is 7. The van der Waals surface area contributed by atoms with Crippen LogP contribution < -0.4 is 4.90 Å². The molecule has 1 unspecified atom stereocenters. The van der Waals surface area contributed by atoms with Gasteiger partial charge in [-0.05, 0) is 86.5 Å². The molecule has 212 valence electrons. The van der Waals surface area contributed by atoms with E-state index in [1.165, 1.54) is 5.56 Å². The van der Waals surface area contributed by atoms with Crippen molar-refractivity contribution < 1.29 is 4.79 Å². The third kappa shape index (κ3) is 4.29. The summed E-state index contributed by atoms with van der Waals surface area (Å²) < 4.78 is 1.81. The van der Waals surface area contributed by atoms with Crippen LogP contribution in [0.5, 0.6) is 0 Å². The number of benzene rings is 2. The molecule has 5 aromatic rings. The second kappa shape index (κ2) is 9.82. The summed E-state index contributed by atoms with van der Waals surface area (Å²) >= 11 is 0. The van der Waals surface area contributed by atoms with Crippen molar-refractivity contribution in [2.24, 2.45) is 7.05 Å². The van der Waals surface area contributed by atoms with Crippen molar-refractivity contribution in [3.63, 3.8) is 0 Å². The molecule has 1 saturated heterocycles. The van der Waals surface area contributed by atoms with Crippen LogP contribution in [-0.4, -0.2) is 55.7 Å². The minimum atomic E-state index is -0.0510. The molecule has 0 spiro atoms. The van der Waals surface area contributed by atoms with Crippen molar-refractivity contribution >= 4 is 28.2 Å².